The standard InChI is InChI=1S/C6H8N2O3/c1-4-2-5(10)8(3-9)6(11)7-4/h2,9H,3H2,1H3,(H,7,11). The molecule has 1 aromatic heterocycles. The maximum atomic E-state index is 10.9. The van der Waals surface area contributed by atoms with Crippen LogP contribution in [0.4, 0.5) is 0 Å². The van der Waals surface area contributed by atoms with Crippen LogP contribution in [0.1, 0.15) is 5.69 Å². The Morgan fingerprint density at radius 2 is 2.27 bits per heavy atom. The van der Waals surface area contributed by atoms with Gasteiger partial charge in [-0.3, -0.25) is 4.79 Å². The highest BCUT2D eigenvalue weighted by Crippen LogP contribution is 1.77. The third-order valence-electron chi connectivity index (χ3n) is 1.30. The van der Waals surface area contributed by atoms with Crippen molar-refractivity contribution >= 4 is 0 Å². The van der Waals surface area contributed by atoms with Gasteiger partial charge < -0.3 is 10.1 Å². The molecule has 0 aliphatic rings. The molecule has 5 nitrogen and oxygen atoms in total. The minimum Gasteiger partial charge on any atom is -0.376 e. The Morgan fingerprint density at radius 3 is 2.73 bits per heavy atom. The predicted molar refractivity (Wildman–Crippen MR) is 38.3 cm³/mol. The number of aliphatic hydroxyl groups is 1. The van der Waals surface area contributed by atoms with Crippen LogP contribution in [0.5, 0.6) is 0 Å². The topological polar surface area (TPSA) is 75.1 Å². The number of aromatic nitrogens is 2. The Morgan fingerprint density at radius 1 is 1.64 bits per heavy atom. The zero-order valence-electron chi connectivity index (χ0n) is 6.00. The molecule has 0 unspecified atom stereocenters. The lowest BCUT2D eigenvalue weighted by Gasteiger charge is -1.97. The summed E-state index contributed by atoms with van der Waals surface area (Å²) in [6.45, 7) is 1.01. The van der Waals surface area contributed by atoms with E-state index in [2.05, 4.69) is 4.98 Å². The minimum absolute atomic E-state index is 0.490. The van der Waals surface area contributed by atoms with Crippen molar-refractivity contribution in [3.05, 3.63) is 32.6 Å². The maximum Gasteiger partial charge on any atom is 0.330 e. The van der Waals surface area contributed by atoms with Crippen LogP contribution in [0.25, 0.3) is 0 Å². The van der Waals surface area contributed by atoms with Gasteiger partial charge in [0.25, 0.3) is 5.56 Å². The lowest BCUT2D eigenvalue weighted by atomic mass is 10.4. The highest BCUT2D eigenvalue weighted by molar-refractivity contribution is 4.95. The second-order valence-corrected chi connectivity index (χ2v) is 2.17. The lowest BCUT2D eigenvalue weighted by Crippen LogP contribution is -2.34. The van der Waals surface area contributed by atoms with Gasteiger partial charge in [-0.1, -0.05) is 0 Å². The summed E-state index contributed by atoms with van der Waals surface area (Å²) < 4.78 is 0.701. The quantitative estimate of drug-likeness (QED) is 0.536. The molecule has 60 valence electrons. The fourth-order valence-electron chi connectivity index (χ4n) is 0.769. The first-order valence-electron chi connectivity index (χ1n) is 3.07. The summed E-state index contributed by atoms with van der Waals surface area (Å²) in [7, 11) is 0. The summed E-state index contributed by atoms with van der Waals surface area (Å²) in [5, 5.41) is 8.53. The van der Waals surface area contributed by atoms with E-state index in [9.17, 15) is 9.59 Å². The fourth-order valence-corrected chi connectivity index (χ4v) is 0.769. The van der Waals surface area contributed by atoms with Crippen LogP contribution >= 0.6 is 0 Å². The molecule has 0 fully saturated rings. The number of hydrogen-bond acceptors (Lipinski definition) is 3. The van der Waals surface area contributed by atoms with Crippen LogP contribution < -0.4 is 11.2 Å². The number of nitrogens with one attached hydrogen (secondary N) is 1. The van der Waals surface area contributed by atoms with Gasteiger partial charge in [-0.15, -0.1) is 0 Å². The molecule has 0 saturated heterocycles. The molecular formula is C6H8N2O3. The average molecular weight is 156 g/mol. The summed E-state index contributed by atoms with van der Waals surface area (Å²) in [5.41, 5.74) is -0.587. The molecule has 0 aromatic carbocycles. The van der Waals surface area contributed by atoms with Gasteiger partial charge in [-0.2, -0.15) is 0 Å². The van der Waals surface area contributed by atoms with E-state index in [4.69, 9.17) is 5.11 Å². The second-order valence-electron chi connectivity index (χ2n) is 2.17. The molecule has 0 atom stereocenters. The molecule has 0 amide bonds. The molecule has 2 N–H and O–H groups in total. The Hall–Kier alpha value is -1.36. The van der Waals surface area contributed by atoms with Gasteiger partial charge in [0.1, 0.15) is 6.73 Å². The molecular weight excluding hydrogens is 148 g/mol. The van der Waals surface area contributed by atoms with Crippen molar-refractivity contribution in [1.82, 2.24) is 9.55 Å². The van der Waals surface area contributed by atoms with E-state index in [1.165, 1.54) is 6.07 Å². The van der Waals surface area contributed by atoms with Crippen molar-refractivity contribution in [3.8, 4) is 0 Å². The number of aliphatic hydroxyl groups excluding tert-OH is 1. The summed E-state index contributed by atoms with van der Waals surface area (Å²) in [4.78, 5) is 24.1. The first kappa shape index (κ1) is 7.74. The number of aryl methyl sites for hydroxylation is 1. The van der Waals surface area contributed by atoms with Crippen LogP contribution in [0, 0.1) is 6.92 Å². The lowest BCUT2D eigenvalue weighted by molar-refractivity contribution is 0.200. The molecule has 1 rings (SSSR count). The van der Waals surface area contributed by atoms with Crippen LogP contribution in [0.2, 0.25) is 0 Å². The van der Waals surface area contributed by atoms with Crippen LogP contribution in [-0.2, 0) is 6.73 Å². The summed E-state index contributed by atoms with van der Waals surface area (Å²) >= 11 is 0. The molecule has 1 heterocycles. The predicted octanol–water partition coefficient (Wildman–Crippen LogP) is -1.21. The van der Waals surface area contributed by atoms with Crippen molar-refractivity contribution in [1.29, 1.82) is 0 Å². The van der Waals surface area contributed by atoms with Crippen LogP contribution in [-0.4, -0.2) is 14.7 Å². The third kappa shape index (κ3) is 1.38. The maximum absolute atomic E-state index is 10.9. The number of aromatic amines is 1. The smallest absolute Gasteiger partial charge is 0.330 e. The van der Waals surface area contributed by atoms with Gasteiger partial charge in [0, 0.05) is 11.8 Å². The minimum atomic E-state index is -0.589. The Labute approximate surface area is 61.9 Å². The Kier molecular flexibility index (Phi) is 1.91. The number of hydrogen-bond donors (Lipinski definition) is 2. The molecule has 1 aromatic rings. The zero-order chi connectivity index (χ0) is 8.43. The fraction of sp³-hybridized carbons (Fsp3) is 0.333. The molecule has 0 aliphatic heterocycles. The molecule has 0 aliphatic carbocycles. The molecule has 5 heteroatoms. The summed E-state index contributed by atoms with van der Waals surface area (Å²) in [5.74, 6) is 0. The van der Waals surface area contributed by atoms with E-state index < -0.39 is 18.0 Å². The normalized spacial score (nSPS) is 10.0. The third-order valence-corrected chi connectivity index (χ3v) is 1.30. The molecule has 0 radical (unpaired) electrons. The first-order valence-corrected chi connectivity index (χ1v) is 3.07. The van der Waals surface area contributed by atoms with E-state index in [1.807, 2.05) is 0 Å². The zero-order valence-corrected chi connectivity index (χ0v) is 6.00. The van der Waals surface area contributed by atoms with Crippen molar-refractivity contribution in [2.24, 2.45) is 0 Å². The van der Waals surface area contributed by atoms with Gasteiger partial charge in [0.15, 0.2) is 0 Å². The van der Waals surface area contributed by atoms with Gasteiger partial charge in [0.2, 0.25) is 0 Å². The number of nitrogens with zero attached hydrogens (tertiary/aromatic N) is 1. The van der Waals surface area contributed by atoms with Gasteiger partial charge >= 0.3 is 5.69 Å². The first-order chi connectivity index (χ1) is 5.15. The molecule has 0 spiro atoms. The largest absolute Gasteiger partial charge is 0.376 e. The highest BCUT2D eigenvalue weighted by atomic mass is 16.3. The average Bonchev–Trinajstić information content (AvgIpc) is 1.85. The Balaban J connectivity index is 3.50. The Bertz CT molecular complexity index is 332. The highest BCUT2D eigenvalue weighted by Gasteiger charge is 1.98. The van der Waals surface area contributed by atoms with Crippen LogP contribution in [0.3, 0.4) is 0 Å². The van der Waals surface area contributed by atoms with E-state index in [0.717, 1.165) is 0 Å². The van der Waals surface area contributed by atoms with Crippen molar-refractivity contribution in [3.63, 3.8) is 0 Å². The summed E-state index contributed by atoms with van der Waals surface area (Å²) in [6.07, 6.45) is 0. The molecule has 0 saturated carbocycles. The number of rotatable bonds is 1. The van der Waals surface area contributed by atoms with Crippen LogP contribution in [0.15, 0.2) is 15.7 Å². The van der Waals surface area contributed by atoms with Crippen molar-refractivity contribution in [2.45, 2.75) is 13.7 Å². The van der Waals surface area contributed by atoms with E-state index in [0.29, 0.717) is 10.3 Å². The van der Waals surface area contributed by atoms with Crippen molar-refractivity contribution < 1.29 is 5.11 Å². The monoisotopic (exact) mass is 156 g/mol. The molecule has 0 bridgehead atoms. The summed E-state index contributed by atoms with van der Waals surface area (Å²) in [6, 6.07) is 1.25. The SMILES string of the molecule is Cc1cc(=O)n(CO)c(=O)[nH]1. The second kappa shape index (κ2) is 2.71. The van der Waals surface area contributed by atoms with Crippen molar-refractivity contribution in [2.75, 3.05) is 0 Å². The number of H-pyrrole nitrogens is 1. The molecule has 11 heavy (non-hydrogen) atoms. The van der Waals surface area contributed by atoms with Gasteiger partial charge in [-0.25, -0.2) is 9.36 Å². The van der Waals surface area contributed by atoms with E-state index >= 15 is 0 Å². The van der Waals surface area contributed by atoms with Gasteiger partial charge in [-0.05, 0) is 6.92 Å². The van der Waals surface area contributed by atoms with E-state index in [1.54, 1.807) is 6.92 Å². The van der Waals surface area contributed by atoms with E-state index in [-0.39, 0.29) is 0 Å². The van der Waals surface area contributed by atoms with Gasteiger partial charge in [0.05, 0.1) is 0 Å².